The van der Waals surface area contributed by atoms with Gasteiger partial charge in [-0.3, -0.25) is 15.0 Å². The van der Waals surface area contributed by atoms with Gasteiger partial charge in [-0.05, 0) is 36.6 Å². The fourth-order valence-electron chi connectivity index (χ4n) is 3.92. The molecule has 0 atom stereocenters. The van der Waals surface area contributed by atoms with Gasteiger partial charge in [0.2, 0.25) is 0 Å². The Kier molecular flexibility index (Phi) is 4.10. The lowest BCUT2D eigenvalue weighted by molar-refractivity contribution is 0.464. The molecule has 1 aliphatic heterocycles. The van der Waals surface area contributed by atoms with E-state index in [0.717, 1.165) is 41.9 Å². The van der Waals surface area contributed by atoms with Gasteiger partial charge >= 0.3 is 0 Å². The topological polar surface area (TPSA) is 66.0 Å². The van der Waals surface area contributed by atoms with Crippen molar-refractivity contribution in [3.05, 3.63) is 53.6 Å². The number of nitrogens with one attached hydrogen (secondary N) is 2. The van der Waals surface area contributed by atoms with E-state index in [2.05, 4.69) is 36.6 Å². The molecule has 0 radical (unpaired) electrons. The van der Waals surface area contributed by atoms with Crippen LogP contribution in [0.15, 0.2) is 43.0 Å². The van der Waals surface area contributed by atoms with E-state index in [0.29, 0.717) is 11.6 Å². The normalized spacial score (nSPS) is 18.0. The van der Waals surface area contributed by atoms with E-state index in [1.54, 1.807) is 12.4 Å². The van der Waals surface area contributed by atoms with Crippen LogP contribution in [0.1, 0.15) is 18.4 Å². The monoisotopic (exact) mass is 380 g/mol. The van der Waals surface area contributed by atoms with Crippen molar-refractivity contribution in [2.45, 2.75) is 24.9 Å². The lowest BCUT2D eigenvalue weighted by Crippen LogP contribution is -2.53. The van der Waals surface area contributed by atoms with Crippen molar-refractivity contribution in [2.75, 3.05) is 29.9 Å². The molecule has 5 rings (SSSR count). The number of nitrogens with zero attached hydrogens (tertiary/aromatic N) is 4. The predicted octanol–water partition coefficient (Wildman–Crippen LogP) is 3.23. The Morgan fingerprint density at radius 2 is 1.96 bits per heavy atom. The van der Waals surface area contributed by atoms with Crippen LogP contribution in [0.25, 0.3) is 11.0 Å². The molecule has 1 spiro atoms. The Hall–Kier alpha value is -2.44. The van der Waals surface area contributed by atoms with Crippen LogP contribution in [0.4, 0.5) is 11.4 Å². The number of pyridine rings is 1. The molecular formula is C20H21ClN6. The maximum atomic E-state index is 6.47. The average Bonchev–Trinajstić information content (AvgIpc) is 3.47. The molecule has 1 saturated carbocycles. The number of piperazine rings is 1. The standard InChI is InChI=1S/C20H21ClN6/c21-15-10-17-16(24-5-6-25-17)9-14(15)11-26-18-12-22-4-1-19(18)27-8-7-23-13-20(27)2-3-20/h1,4-6,9-10,12,23,26H,2-3,7-8,11,13H2. The molecule has 7 heteroatoms. The molecule has 0 bridgehead atoms. The summed E-state index contributed by atoms with van der Waals surface area (Å²) in [7, 11) is 0. The second-order valence-corrected chi connectivity index (χ2v) is 7.70. The molecule has 27 heavy (non-hydrogen) atoms. The molecule has 1 aliphatic carbocycles. The summed E-state index contributed by atoms with van der Waals surface area (Å²) in [5, 5.41) is 7.77. The van der Waals surface area contributed by atoms with Gasteiger partial charge in [0, 0.05) is 49.8 Å². The Labute approximate surface area is 163 Å². The minimum atomic E-state index is 0.284. The highest BCUT2D eigenvalue weighted by Gasteiger charge is 2.49. The van der Waals surface area contributed by atoms with Crippen LogP contribution in [0.3, 0.4) is 0 Å². The minimum Gasteiger partial charge on any atom is -0.378 e. The number of rotatable bonds is 4. The number of aromatic nitrogens is 3. The van der Waals surface area contributed by atoms with Crippen molar-refractivity contribution >= 4 is 34.0 Å². The van der Waals surface area contributed by atoms with E-state index in [1.807, 2.05) is 24.5 Å². The van der Waals surface area contributed by atoms with Gasteiger partial charge in [0.25, 0.3) is 0 Å². The molecule has 2 N–H and O–H groups in total. The Balaban J connectivity index is 1.41. The molecule has 6 nitrogen and oxygen atoms in total. The number of fused-ring (bicyclic) bond motifs is 1. The number of hydrogen-bond donors (Lipinski definition) is 2. The lowest BCUT2D eigenvalue weighted by Gasteiger charge is -2.39. The smallest absolute Gasteiger partial charge is 0.0901 e. The lowest BCUT2D eigenvalue weighted by atomic mass is 10.1. The van der Waals surface area contributed by atoms with Gasteiger partial charge < -0.3 is 15.5 Å². The molecule has 1 aromatic carbocycles. The van der Waals surface area contributed by atoms with Crippen LogP contribution in [0.2, 0.25) is 5.02 Å². The highest BCUT2D eigenvalue weighted by atomic mass is 35.5. The summed E-state index contributed by atoms with van der Waals surface area (Å²) in [5.41, 5.74) is 5.21. The molecule has 138 valence electrons. The molecule has 0 amide bonds. The summed E-state index contributed by atoms with van der Waals surface area (Å²) in [5.74, 6) is 0. The fourth-order valence-corrected chi connectivity index (χ4v) is 4.15. The van der Waals surface area contributed by atoms with Gasteiger partial charge in [0.15, 0.2) is 0 Å². The number of halogens is 1. The Bertz CT molecular complexity index is 987. The van der Waals surface area contributed by atoms with Crippen molar-refractivity contribution < 1.29 is 0 Å². The van der Waals surface area contributed by atoms with Crippen LogP contribution >= 0.6 is 11.6 Å². The van der Waals surface area contributed by atoms with Crippen molar-refractivity contribution in [1.29, 1.82) is 0 Å². The quantitative estimate of drug-likeness (QED) is 0.724. The summed E-state index contributed by atoms with van der Waals surface area (Å²) >= 11 is 6.47. The van der Waals surface area contributed by atoms with E-state index >= 15 is 0 Å². The van der Waals surface area contributed by atoms with Crippen molar-refractivity contribution in [1.82, 2.24) is 20.3 Å². The third-order valence-corrected chi connectivity index (χ3v) is 5.91. The zero-order chi connectivity index (χ0) is 18.3. The largest absolute Gasteiger partial charge is 0.378 e. The zero-order valence-corrected chi connectivity index (χ0v) is 15.7. The molecule has 0 unspecified atom stereocenters. The number of benzene rings is 1. The third-order valence-electron chi connectivity index (χ3n) is 5.56. The van der Waals surface area contributed by atoms with Gasteiger partial charge in [-0.1, -0.05) is 11.6 Å². The summed E-state index contributed by atoms with van der Waals surface area (Å²) in [6, 6.07) is 5.99. The van der Waals surface area contributed by atoms with Crippen LogP contribution in [0.5, 0.6) is 0 Å². The maximum absolute atomic E-state index is 6.47. The first kappa shape index (κ1) is 16.7. The van der Waals surface area contributed by atoms with Gasteiger partial charge in [0.05, 0.1) is 34.1 Å². The second kappa shape index (κ2) is 6.62. The molecule has 1 saturated heterocycles. The molecule has 2 aromatic heterocycles. The van der Waals surface area contributed by atoms with E-state index < -0.39 is 0 Å². The van der Waals surface area contributed by atoms with E-state index in [9.17, 15) is 0 Å². The zero-order valence-electron chi connectivity index (χ0n) is 15.0. The van der Waals surface area contributed by atoms with Crippen LogP contribution < -0.4 is 15.5 Å². The number of hydrogen-bond acceptors (Lipinski definition) is 6. The second-order valence-electron chi connectivity index (χ2n) is 7.29. The first-order chi connectivity index (χ1) is 13.3. The van der Waals surface area contributed by atoms with Crippen molar-refractivity contribution in [3.63, 3.8) is 0 Å². The van der Waals surface area contributed by atoms with Crippen LogP contribution in [-0.2, 0) is 6.54 Å². The Morgan fingerprint density at radius 1 is 1.15 bits per heavy atom. The molecule has 2 aliphatic rings. The summed E-state index contributed by atoms with van der Waals surface area (Å²) in [6.45, 7) is 3.71. The van der Waals surface area contributed by atoms with Crippen LogP contribution in [0, 0.1) is 0 Å². The highest BCUT2D eigenvalue weighted by molar-refractivity contribution is 6.32. The van der Waals surface area contributed by atoms with Crippen molar-refractivity contribution in [2.24, 2.45) is 0 Å². The fraction of sp³-hybridized carbons (Fsp3) is 0.350. The van der Waals surface area contributed by atoms with Gasteiger partial charge in [-0.2, -0.15) is 0 Å². The van der Waals surface area contributed by atoms with Crippen molar-refractivity contribution in [3.8, 4) is 0 Å². The molecular weight excluding hydrogens is 360 g/mol. The minimum absolute atomic E-state index is 0.284. The summed E-state index contributed by atoms with van der Waals surface area (Å²) in [6.07, 6.45) is 9.65. The molecule has 3 heterocycles. The van der Waals surface area contributed by atoms with Gasteiger partial charge in [-0.25, -0.2) is 0 Å². The summed E-state index contributed by atoms with van der Waals surface area (Å²) < 4.78 is 0. The molecule has 2 fully saturated rings. The first-order valence-corrected chi connectivity index (χ1v) is 9.68. The predicted molar refractivity (Wildman–Crippen MR) is 108 cm³/mol. The maximum Gasteiger partial charge on any atom is 0.0901 e. The van der Waals surface area contributed by atoms with Crippen LogP contribution in [-0.4, -0.2) is 40.1 Å². The molecule has 3 aromatic rings. The highest BCUT2D eigenvalue weighted by Crippen LogP contribution is 2.46. The first-order valence-electron chi connectivity index (χ1n) is 9.31. The SMILES string of the molecule is Clc1cc2nccnc2cc1CNc1cnccc1N1CCNCC12CC2. The van der Waals surface area contributed by atoms with Gasteiger partial charge in [-0.15, -0.1) is 0 Å². The Morgan fingerprint density at radius 3 is 2.78 bits per heavy atom. The van der Waals surface area contributed by atoms with E-state index in [1.165, 1.54) is 18.5 Å². The third kappa shape index (κ3) is 3.09. The van der Waals surface area contributed by atoms with Gasteiger partial charge in [0.1, 0.15) is 0 Å². The van der Waals surface area contributed by atoms with E-state index in [4.69, 9.17) is 11.6 Å². The average molecular weight is 381 g/mol. The number of anilines is 2. The summed E-state index contributed by atoms with van der Waals surface area (Å²) in [4.78, 5) is 15.6. The van der Waals surface area contributed by atoms with E-state index in [-0.39, 0.29) is 5.54 Å².